The van der Waals surface area contributed by atoms with Gasteiger partial charge in [0.25, 0.3) is 0 Å². The van der Waals surface area contributed by atoms with E-state index in [2.05, 4.69) is 4.74 Å². The molecule has 0 unspecified atom stereocenters. The zero-order valence-electron chi connectivity index (χ0n) is 11.6. The molecule has 1 aromatic carbocycles. The largest absolute Gasteiger partial charge is 0.464 e. The van der Waals surface area contributed by atoms with Crippen molar-refractivity contribution in [2.75, 3.05) is 6.61 Å². The quantitative estimate of drug-likeness (QED) is 0.807. The fourth-order valence-corrected chi connectivity index (χ4v) is 2.13. The Kier molecular flexibility index (Phi) is 5.48. The summed E-state index contributed by atoms with van der Waals surface area (Å²) in [6, 6.07) is 8.43. The number of ether oxygens (including phenoxy) is 1. The summed E-state index contributed by atoms with van der Waals surface area (Å²) in [6.07, 6.45) is -1.94. The molecular weight excluding hydrogens is 247 g/mol. The molecule has 0 aliphatic rings. The normalized spacial score (nSPS) is 15.9. The van der Waals surface area contributed by atoms with Gasteiger partial charge in [-0.1, -0.05) is 44.2 Å². The Hall–Kier alpha value is -1.42. The molecule has 0 aliphatic heterocycles. The van der Waals surface area contributed by atoms with Crippen LogP contribution in [0.5, 0.6) is 0 Å². The zero-order chi connectivity index (χ0) is 14.5. The number of carbonyl (C=O) groups is 1. The Morgan fingerprint density at radius 3 is 2.42 bits per heavy atom. The summed E-state index contributed by atoms with van der Waals surface area (Å²) in [6.45, 7) is 5.43. The molecule has 0 heterocycles. The molecule has 0 aliphatic carbocycles. The lowest BCUT2D eigenvalue weighted by molar-refractivity contribution is -0.163. The third-order valence-corrected chi connectivity index (χ3v) is 2.91. The van der Waals surface area contributed by atoms with Crippen LogP contribution < -0.4 is 0 Å². The Morgan fingerprint density at radius 1 is 1.37 bits per heavy atom. The fourth-order valence-electron chi connectivity index (χ4n) is 2.13. The summed E-state index contributed by atoms with van der Waals surface area (Å²) in [5.41, 5.74) is -1.45. The molecule has 0 saturated heterocycles. The highest BCUT2D eigenvalue weighted by Gasteiger charge is 2.44. The molecule has 0 spiro atoms. The van der Waals surface area contributed by atoms with Crippen molar-refractivity contribution in [2.45, 2.75) is 39.0 Å². The number of halogens is 1. The van der Waals surface area contributed by atoms with Crippen molar-refractivity contribution < 1.29 is 19.0 Å². The van der Waals surface area contributed by atoms with Crippen LogP contribution in [-0.4, -0.2) is 23.9 Å². The maximum atomic E-state index is 14.4. The second-order valence-electron chi connectivity index (χ2n) is 5.00. The van der Waals surface area contributed by atoms with Crippen molar-refractivity contribution in [3.8, 4) is 0 Å². The maximum Gasteiger partial charge on any atom is 0.344 e. The molecule has 106 valence electrons. The van der Waals surface area contributed by atoms with E-state index in [1.807, 2.05) is 13.8 Å². The maximum absolute atomic E-state index is 14.4. The van der Waals surface area contributed by atoms with E-state index in [4.69, 9.17) is 0 Å². The number of rotatable bonds is 6. The van der Waals surface area contributed by atoms with Gasteiger partial charge in [0.05, 0.1) is 6.61 Å². The van der Waals surface area contributed by atoms with Gasteiger partial charge in [-0.2, -0.15) is 0 Å². The topological polar surface area (TPSA) is 46.5 Å². The average molecular weight is 268 g/mol. The first-order valence-electron chi connectivity index (χ1n) is 6.50. The van der Waals surface area contributed by atoms with Gasteiger partial charge in [0.1, 0.15) is 5.60 Å². The molecule has 0 fully saturated rings. The minimum atomic E-state index is -2.09. The molecule has 1 N–H and O–H groups in total. The lowest BCUT2D eigenvalue weighted by atomic mass is 9.82. The number of esters is 1. The number of hydrogen-bond donors (Lipinski definition) is 1. The summed E-state index contributed by atoms with van der Waals surface area (Å²) >= 11 is 0. The van der Waals surface area contributed by atoms with Crippen LogP contribution in [0.15, 0.2) is 30.3 Å². The van der Waals surface area contributed by atoms with Crippen molar-refractivity contribution in [3.05, 3.63) is 35.9 Å². The SMILES string of the molecule is CCOC(=O)[C@@H](F)[C@](O)(CC(C)C)c1ccccc1. The first kappa shape index (κ1) is 15.6. The van der Waals surface area contributed by atoms with Crippen molar-refractivity contribution in [3.63, 3.8) is 0 Å². The van der Waals surface area contributed by atoms with Crippen LogP contribution in [-0.2, 0) is 15.1 Å². The lowest BCUT2D eigenvalue weighted by Crippen LogP contribution is -2.43. The lowest BCUT2D eigenvalue weighted by Gasteiger charge is -2.32. The van der Waals surface area contributed by atoms with Gasteiger partial charge in [-0.15, -0.1) is 0 Å². The average Bonchev–Trinajstić information content (AvgIpc) is 2.38. The number of benzene rings is 1. The second-order valence-corrected chi connectivity index (χ2v) is 5.00. The van der Waals surface area contributed by atoms with Gasteiger partial charge in [-0.3, -0.25) is 0 Å². The Balaban J connectivity index is 3.09. The number of aliphatic hydroxyl groups is 1. The highest BCUT2D eigenvalue weighted by molar-refractivity contribution is 5.76. The molecule has 1 rings (SSSR count). The van der Waals surface area contributed by atoms with Crippen molar-refractivity contribution in [1.82, 2.24) is 0 Å². The van der Waals surface area contributed by atoms with E-state index in [-0.39, 0.29) is 18.9 Å². The molecule has 0 amide bonds. The van der Waals surface area contributed by atoms with Crippen molar-refractivity contribution >= 4 is 5.97 Å². The highest BCUT2D eigenvalue weighted by atomic mass is 19.1. The van der Waals surface area contributed by atoms with E-state index < -0.39 is 17.7 Å². The van der Waals surface area contributed by atoms with Crippen LogP contribution >= 0.6 is 0 Å². The second kappa shape index (κ2) is 6.66. The molecule has 3 nitrogen and oxygen atoms in total. The van der Waals surface area contributed by atoms with E-state index >= 15 is 0 Å². The van der Waals surface area contributed by atoms with Gasteiger partial charge in [0.2, 0.25) is 6.17 Å². The van der Waals surface area contributed by atoms with Crippen LogP contribution in [0.25, 0.3) is 0 Å². The summed E-state index contributed by atoms with van der Waals surface area (Å²) in [7, 11) is 0. The number of carbonyl (C=O) groups excluding carboxylic acids is 1. The van der Waals surface area contributed by atoms with Gasteiger partial charge >= 0.3 is 5.97 Å². The molecular formula is C15H21FO3. The zero-order valence-corrected chi connectivity index (χ0v) is 11.6. The first-order chi connectivity index (χ1) is 8.91. The molecule has 2 atom stereocenters. The van der Waals surface area contributed by atoms with E-state index in [1.165, 1.54) is 0 Å². The van der Waals surface area contributed by atoms with Crippen LogP contribution in [0.4, 0.5) is 4.39 Å². The highest BCUT2D eigenvalue weighted by Crippen LogP contribution is 2.34. The molecule has 0 saturated carbocycles. The van der Waals surface area contributed by atoms with Crippen molar-refractivity contribution in [1.29, 1.82) is 0 Å². The molecule has 0 aromatic heterocycles. The summed E-state index contributed by atoms with van der Waals surface area (Å²) in [5.74, 6) is -0.979. The summed E-state index contributed by atoms with van der Waals surface area (Å²) in [5, 5.41) is 10.6. The number of hydrogen-bond acceptors (Lipinski definition) is 3. The standard InChI is InChI=1S/C15H21FO3/c1-4-19-14(17)13(16)15(18,10-11(2)3)12-8-6-5-7-9-12/h5-9,11,13,18H,4,10H2,1-3H3/t13-,15+/m1/s1. The molecule has 0 bridgehead atoms. The minimum Gasteiger partial charge on any atom is -0.464 e. The van der Waals surface area contributed by atoms with Gasteiger partial charge in [0, 0.05) is 0 Å². The molecule has 0 radical (unpaired) electrons. The summed E-state index contributed by atoms with van der Waals surface area (Å²) in [4.78, 5) is 11.6. The smallest absolute Gasteiger partial charge is 0.344 e. The Labute approximate surface area is 113 Å². The first-order valence-corrected chi connectivity index (χ1v) is 6.50. The minimum absolute atomic E-state index is 0.0397. The molecule has 4 heteroatoms. The van der Waals surface area contributed by atoms with E-state index in [9.17, 15) is 14.3 Å². The van der Waals surface area contributed by atoms with Crippen LogP contribution in [0.3, 0.4) is 0 Å². The predicted molar refractivity (Wildman–Crippen MR) is 71.3 cm³/mol. The summed E-state index contributed by atoms with van der Waals surface area (Å²) < 4.78 is 19.0. The fraction of sp³-hybridized carbons (Fsp3) is 0.533. The Morgan fingerprint density at radius 2 is 1.95 bits per heavy atom. The van der Waals surface area contributed by atoms with E-state index in [0.717, 1.165) is 0 Å². The third-order valence-electron chi connectivity index (χ3n) is 2.91. The van der Waals surface area contributed by atoms with Gasteiger partial charge in [0.15, 0.2) is 0 Å². The number of alkyl halides is 1. The van der Waals surface area contributed by atoms with E-state index in [0.29, 0.717) is 5.56 Å². The van der Waals surface area contributed by atoms with E-state index in [1.54, 1.807) is 37.3 Å². The molecule has 19 heavy (non-hydrogen) atoms. The predicted octanol–water partition coefficient (Wildman–Crippen LogP) is 2.82. The van der Waals surface area contributed by atoms with Crippen LogP contribution in [0.2, 0.25) is 0 Å². The monoisotopic (exact) mass is 268 g/mol. The van der Waals surface area contributed by atoms with Gasteiger partial charge in [-0.05, 0) is 24.8 Å². The van der Waals surface area contributed by atoms with Crippen LogP contribution in [0, 0.1) is 5.92 Å². The van der Waals surface area contributed by atoms with Crippen LogP contribution in [0.1, 0.15) is 32.8 Å². The van der Waals surface area contributed by atoms with Crippen molar-refractivity contribution in [2.24, 2.45) is 5.92 Å². The molecule has 1 aromatic rings. The Bertz CT molecular complexity index is 405. The third kappa shape index (κ3) is 3.77. The van der Waals surface area contributed by atoms with Gasteiger partial charge < -0.3 is 9.84 Å². The van der Waals surface area contributed by atoms with Gasteiger partial charge in [-0.25, -0.2) is 9.18 Å².